The van der Waals surface area contributed by atoms with Crippen molar-refractivity contribution in [1.82, 2.24) is 19.8 Å². The molecule has 8 heteroatoms. The largest absolute Gasteiger partial charge is 0.366 e. The SMILES string of the molecule is CC.CCC(CCNC)OCC#Cc1cccc2c1n(C)c(=O)n2C(C=O)CCC=O.CNC. The molecule has 0 aliphatic rings. The summed E-state index contributed by atoms with van der Waals surface area (Å²) in [4.78, 5) is 35.0. The highest BCUT2D eigenvalue weighted by Gasteiger charge is 2.19. The maximum Gasteiger partial charge on any atom is 0.329 e. The van der Waals surface area contributed by atoms with Crippen LogP contribution in [0.4, 0.5) is 0 Å². The van der Waals surface area contributed by atoms with Crippen molar-refractivity contribution in [1.29, 1.82) is 0 Å². The highest BCUT2D eigenvalue weighted by atomic mass is 16.5. The normalized spacial score (nSPS) is 11.7. The number of hydrogen-bond acceptors (Lipinski definition) is 6. The van der Waals surface area contributed by atoms with Gasteiger partial charge in [-0.05, 0) is 59.1 Å². The van der Waals surface area contributed by atoms with Gasteiger partial charge in [0.15, 0.2) is 0 Å². The van der Waals surface area contributed by atoms with E-state index >= 15 is 0 Å². The number of aldehydes is 2. The van der Waals surface area contributed by atoms with Gasteiger partial charge in [-0.25, -0.2) is 4.79 Å². The van der Waals surface area contributed by atoms with E-state index in [-0.39, 0.29) is 18.2 Å². The Kier molecular flexibility index (Phi) is 17.2. The molecule has 0 saturated carbocycles. The number of hydrogen-bond donors (Lipinski definition) is 2. The number of carbonyl (C=O) groups is 2. The summed E-state index contributed by atoms with van der Waals surface area (Å²) in [6.07, 6.45) is 3.98. The standard InChI is InChI=1S/C22H29N3O4.C2H7N.C2H6/c1-4-19(12-13-23-2)29-15-7-9-17-8-5-11-20-21(17)24(3)22(28)25(20)18(16-27)10-6-14-26;1-3-2;1-2/h5,8,11,14,16,18-19,23H,4,6,10,12-13,15H2,1-3H3;3H,1-2H3;1-2H3. The average molecular weight is 475 g/mol. The molecule has 0 aliphatic carbocycles. The molecule has 0 saturated heterocycles. The predicted octanol–water partition coefficient (Wildman–Crippen LogP) is 2.68. The molecule has 0 bridgehead atoms. The molecule has 34 heavy (non-hydrogen) atoms. The Labute approximate surface area is 204 Å². The third-order valence-electron chi connectivity index (χ3n) is 4.96. The van der Waals surface area contributed by atoms with Gasteiger partial charge in [-0.15, -0.1) is 0 Å². The first kappa shape index (κ1) is 31.3. The van der Waals surface area contributed by atoms with Gasteiger partial charge >= 0.3 is 5.69 Å². The molecule has 2 unspecified atom stereocenters. The van der Waals surface area contributed by atoms with Crippen molar-refractivity contribution in [3.8, 4) is 11.8 Å². The van der Waals surface area contributed by atoms with E-state index in [9.17, 15) is 14.4 Å². The molecular weight excluding hydrogens is 432 g/mol. The number of benzene rings is 1. The van der Waals surface area contributed by atoms with Gasteiger partial charge in [0.05, 0.1) is 28.7 Å². The maximum atomic E-state index is 12.8. The Hall–Kier alpha value is -2.73. The van der Waals surface area contributed by atoms with Crippen molar-refractivity contribution >= 4 is 23.6 Å². The highest BCUT2D eigenvalue weighted by molar-refractivity contribution is 5.83. The van der Waals surface area contributed by atoms with Gasteiger partial charge in [0, 0.05) is 13.5 Å². The Bertz CT molecular complexity index is 969. The summed E-state index contributed by atoms with van der Waals surface area (Å²) in [5.41, 5.74) is 1.71. The van der Waals surface area contributed by atoms with E-state index in [0.717, 1.165) is 25.7 Å². The van der Waals surface area contributed by atoms with Crippen molar-refractivity contribution in [2.24, 2.45) is 7.05 Å². The van der Waals surface area contributed by atoms with Crippen LogP contribution in [-0.2, 0) is 21.4 Å². The Morgan fingerprint density at radius 2 is 1.82 bits per heavy atom. The molecule has 0 fully saturated rings. The molecule has 0 amide bonds. The third kappa shape index (κ3) is 9.26. The summed E-state index contributed by atoms with van der Waals surface area (Å²) in [6.45, 7) is 7.29. The van der Waals surface area contributed by atoms with E-state index in [1.54, 1.807) is 13.1 Å². The second-order valence-electron chi connectivity index (χ2n) is 7.37. The van der Waals surface area contributed by atoms with Gasteiger partial charge in [-0.1, -0.05) is 38.7 Å². The topological polar surface area (TPSA) is 94.4 Å². The van der Waals surface area contributed by atoms with Gasteiger partial charge in [0.25, 0.3) is 0 Å². The molecule has 8 nitrogen and oxygen atoms in total. The molecule has 0 aliphatic heterocycles. The number of nitrogens with zero attached hydrogens (tertiary/aromatic N) is 2. The van der Waals surface area contributed by atoms with Crippen LogP contribution in [0.1, 0.15) is 58.1 Å². The molecule has 190 valence electrons. The van der Waals surface area contributed by atoms with Gasteiger partial charge in [0.1, 0.15) is 19.2 Å². The zero-order valence-electron chi connectivity index (χ0n) is 21.8. The van der Waals surface area contributed by atoms with Crippen LogP contribution in [-0.4, -0.2) is 62.1 Å². The van der Waals surface area contributed by atoms with E-state index in [1.165, 1.54) is 9.13 Å². The number of carbonyl (C=O) groups excluding carboxylic acids is 2. The number of rotatable bonds is 11. The number of ether oxygens (including phenoxy) is 1. The number of para-hydroxylation sites is 1. The van der Waals surface area contributed by atoms with Crippen molar-refractivity contribution < 1.29 is 14.3 Å². The highest BCUT2D eigenvalue weighted by Crippen LogP contribution is 2.21. The lowest BCUT2D eigenvalue weighted by Gasteiger charge is -2.13. The quantitative estimate of drug-likeness (QED) is 0.384. The number of imidazole rings is 1. The lowest BCUT2D eigenvalue weighted by atomic mass is 10.1. The fourth-order valence-corrected chi connectivity index (χ4v) is 3.36. The van der Waals surface area contributed by atoms with Crippen LogP contribution in [0.15, 0.2) is 23.0 Å². The van der Waals surface area contributed by atoms with Crippen LogP contribution in [0.5, 0.6) is 0 Å². The Morgan fingerprint density at radius 3 is 2.38 bits per heavy atom. The van der Waals surface area contributed by atoms with Crippen LogP contribution < -0.4 is 16.3 Å². The van der Waals surface area contributed by atoms with E-state index in [0.29, 0.717) is 35.9 Å². The molecule has 2 N–H and O–H groups in total. The van der Waals surface area contributed by atoms with Gasteiger partial charge in [-0.2, -0.15) is 0 Å². The number of aromatic nitrogens is 2. The molecule has 0 radical (unpaired) electrons. The van der Waals surface area contributed by atoms with E-state index < -0.39 is 6.04 Å². The van der Waals surface area contributed by atoms with E-state index in [2.05, 4.69) is 29.4 Å². The Balaban J connectivity index is 0.00000201. The minimum absolute atomic E-state index is 0.157. The molecular formula is C26H42N4O4. The third-order valence-corrected chi connectivity index (χ3v) is 4.96. The molecule has 2 atom stereocenters. The molecule has 1 heterocycles. The second-order valence-corrected chi connectivity index (χ2v) is 7.37. The van der Waals surface area contributed by atoms with Gasteiger partial charge < -0.3 is 25.0 Å². The molecule has 1 aromatic heterocycles. The molecule has 1 aromatic carbocycles. The monoisotopic (exact) mass is 474 g/mol. The first-order chi connectivity index (χ1) is 16.5. The minimum atomic E-state index is -0.680. The van der Waals surface area contributed by atoms with Crippen molar-refractivity contribution in [3.05, 3.63) is 34.2 Å². The smallest absolute Gasteiger partial charge is 0.329 e. The number of nitrogens with one attached hydrogen (secondary N) is 2. The fourth-order valence-electron chi connectivity index (χ4n) is 3.36. The van der Waals surface area contributed by atoms with Crippen LogP contribution in [0.25, 0.3) is 11.0 Å². The summed E-state index contributed by atoms with van der Waals surface area (Å²) in [6, 6.07) is 4.77. The zero-order chi connectivity index (χ0) is 25.9. The van der Waals surface area contributed by atoms with Crippen LogP contribution in [0.2, 0.25) is 0 Å². The zero-order valence-corrected chi connectivity index (χ0v) is 21.8. The summed E-state index contributed by atoms with van der Waals surface area (Å²) in [5.74, 6) is 6.13. The number of fused-ring (bicyclic) bond motifs is 1. The van der Waals surface area contributed by atoms with Crippen molar-refractivity contribution in [2.45, 2.75) is 58.6 Å². The summed E-state index contributed by atoms with van der Waals surface area (Å²) < 4.78 is 8.76. The lowest BCUT2D eigenvalue weighted by Crippen LogP contribution is -2.27. The van der Waals surface area contributed by atoms with E-state index in [4.69, 9.17) is 4.74 Å². The summed E-state index contributed by atoms with van der Waals surface area (Å²) >= 11 is 0. The van der Waals surface area contributed by atoms with Crippen LogP contribution in [0.3, 0.4) is 0 Å². The van der Waals surface area contributed by atoms with Crippen LogP contribution in [0, 0.1) is 11.8 Å². The first-order valence-electron chi connectivity index (χ1n) is 11.9. The number of aryl methyl sites for hydroxylation is 1. The average Bonchev–Trinajstić information content (AvgIpc) is 3.11. The van der Waals surface area contributed by atoms with Crippen molar-refractivity contribution in [3.63, 3.8) is 0 Å². The lowest BCUT2D eigenvalue weighted by molar-refractivity contribution is -0.111. The predicted molar refractivity (Wildman–Crippen MR) is 139 cm³/mol. The summed E-state index contributed by atoms with van der Waals surface area (Å²) in [7, 11) is 7.33. The van der Waals surface area contributed by atoms with Crippen LogP contribution >= 0.6 is 0 Å². The second kappa shape index (κ2) is 18.7. The maximum absolute atomic E-state index is 12.8. The Morgan fingerprint density at radius 1 is 1.15 bits per heavy atom. The molecule has 2 aromatic rings. The summed E-state index contributed by atoms with van der Waals surface area (Å²) in [5, 5.41) is 5.86. The van der Waals surface area contributed by atoms with Crippen molar-refractivity contribution in [2.75, 3.05) is 34.3 Å². The minimum Gasteiger partial charge on any atom is -0.366 e. The van der Waals surface area contributed by atoms with Gasteiger partial charge in [-0.3, -0.25) is 9.13 Å². The fraction of sp³-hybridized carbons (Fsp3) is 0.577. The molecule has 0 spiro atoms. The molecule has 2 rings (SSSR count). The van der Waals surface area contributed by atoms with E-state index in [1.807, 2.05) is 47.1 Å². The first-order valence-corrected chi connectivity index (χ1v) is 11.9. The van der Waals surface area contributed by atoms with Gasteiger partial charge in [0.2, 0.25) is 0 Å².